The van der Waals surface area contributed by atoms with E-state index < -0.39 is 16.7 Å². The largest absolute Gasteiger partial charge is 0.364 e. The topological polar surface area (TPSA) is 69.4 Å². The van der Waals surface area contributed by atoms with Crippen molar-refractivity contribution in [1.82, 2.24) is 19.2 Å². The molecule has 2 fully saturated rings. The number of rotatable bonds is 4. The lowest BCUT2D eigenvalue weighted by molar-refractivity contribution is -0.0860. The van der Waals surface area contributed by atoms with E-state index in [0.717, 1.165) is 38.9 Å². The molecule has 8 heteroatoms. The van der Waals surface area contributed by atoms with Crippen LogP contribution in [-0.2, 0) is 31.0 Å². The van der Waals surface area contributed by atoms with Crippen LogP contribution in [0.2, 0.25) is 0 Å². The number of likely N-dealkylation sites (tertiary alicyclic amines) is 1. The summed E-state index contributed by atoms with van der Waals surface area (Å²) < 4.78 is 9.25. The Kier molecular flexibility index (Phi) is 5.17. The molecule has 5 rings (SSSR count). The molecular weight excluding hydrogens is 388 g/mol. The van der Waals surface area contributed by atoms with Crippen molar-refractivity contribution in [1.29, 1.82) is 0 Å². The van der Waals surface area contributed by atoms with Crippen LogP contribution < -0.4 is 11.1 Å². The first-order valence-corrected chi connectivity index (χ1v) is 11.6. The van der Waals surface area contributed by atoms with Crippen molar-refractivity contribution in [3.05, 3.63) is 48.9 Å². The molecule has 2 aromatic rings. The predicted octanol–water partition coefficient (Wildman–Crippen LogP) is 2.22. The summed E-state index contributed by atoms with van der Waals surface area (Å²) in [6.07, 6.45) is 6.78. The molecule has 1 saturated heterocycles. The summed E-state index contributed by atoms with van der Waals surface area (Å²) in [7, 11) is 0. The van der Waals surface area contributed by atoms with Crippen LogP contribution in [0.1, 0.15) is 49.9 Å². The van der Waals surface area contributed by atoms with Gasteiger partial charge in [-0.1, -0.05) is 19.3 Å². The molecule has 2 aromatic heterocycles. The van der Waals surface area contributed by atoms with Gasteiger partial charge in [-0.05, 0) is 47.6 Å². The van der Waals surface area contributed by atoms with Crippen molar-refractivity contribution in [2.75, 3.05) is 13.1 Å². The maximum atomic E-state index is 12.9. The van der Waals surface area contributed by atoms with Crippen molar-refractivity contribution >= 4 is 11.3 Å². The zero-order chi connectivity index (χ0) is 19.8. The van der Waals surface area contributed by atoms with E-state index in [4.69, 9.17) is 4.74 Å². The van der Waals surface area contributed by atoms with E-state index in [0.29, 0.717) is 31.4 Å². The van der Waals surface area contributed by atoms with Gasteiger partial charge >= 0.3 is 11.1 Å². The number of fused-ring (bicyclic) bond motifs is 1. The fourth-order valence-electron chi connectivity index (χ4n) is 5.09. The summed E-state index contributed by atoms with van der Waals surface area (Å²) in [5, 5.41) is 8.80. The lowest BCUT2D eigenvalue weighted by Gasteiger charge is -2.35. The standard InChI is InChI=1S/C21H28N4O3S/c26-19-20(27)25(11-16-4-2-1-3-5-16)22-18-12-28-21(15-24(18)19)7-8-23(14-21)10-17-6-9-29-13-17/h6,9,13,16H,1-5,7-8,10-12,14-15H2. The minimum absolute atomic E-state index is 0.298. The first-order chi connectivity index (χ1) is 14.1. The van der Waals surface area contributed by atoms with E-state index in [1.54, 1.807) is 15.9 Å². The number of hydrogen-bond donors (Lipinski definition) is 0. The molecule has 0 bridgehead atoms. The number of thiophene rings is 1. The SMILES string of the molecule is O=c1c(=O)n2c(nn1CC1CCCCC1)COC1(CCN(Cc3ccsc3)C1)C2. The minimum atomic E-state index is -0.482. The van der Waals surface area contributed by atoms with Gasteiger partial charge in [0.15, 0.2) is 5.82 Å². The highest BCUT2D eigenvalue weighted by atomic mass is 32.1. The molecule has 3 aliphatic rings. The van der Waals surface area contributed by atoms with E-state index in [1.807, 2.05) is 0 Å². The minimum Gasteiger partial charge on any atom is -0.364 e. The van der Waals surface area contributed by atoms with Crippen LogP contribution >= 0.6 is 11.3 Å². The summed E-state index contributed by atoms with van der Waals surface area (Å²) >= 11 is 1.71. The molecule has 1 aliphatic carbocycles. The van der Waals surface area contributed by atoms with Gasteiger partial charge in [0.2, 0.25) is 0 Å². The molecule has 0 radical (unpaired) electrons. The lowest BCUT2D eigenvalue weighted by atomic mass is 9.89. The summed E-state index contributed by atoms with van der Waals surface area (Å²) in [6.45, 7) is 3.89. The highest BCUT2D eigenvalue weighted by molar-refractivity contribution is 7.07. The van der Waals surface area contributed by atoms with E-state index in [2.05, 4.69) is 26.8 Å². The second-order valence-electron chi connectivity index (χ2n) is 8.86. The molecule has 1 saturated carbocycles. The van der Waals surface area contributed by atoms with E-state index >= 15 is 0 Å². The third-order valence-electron chi connectivity index (χ3n) is 6.70. The van der Waals surface area contributed by atoms with Gasteiger partial charge in [-0.2, -0.15) is 16.4 Å². The number of hydrogen-bond acceptors (Lipinski definition) is 6. The fraction of sp³-hybridized carbons (Fsp3) is 0.667. The molecule has 0 N–H and O–H groups in total. The Morgan fingerprint density at radius 2 is 2.03 bits per heavy atom. The van der Waals surface area contributed by atoms with E-state index in [9.17, 15) is 9.59 Å². The zero-order valence-corrected chi connectivity index (χ0v) is 17.5. The molecule has 1 atom stereocenters. The van der Waals surface area contributed by atoms with Crippen LogP contribution in [0.15, 0.2) is 26.4 Å². The monoisotopic (exact) mass is 416 g/mol. The van der Waals surface area contributed by atoms with Crippen LogP contribution in [-0.4, -0.2) is 37.9 Å². The number of aromatic nitrogens is 3. The second kappa shape index (κ2) is 7.81. The smallest absolute Gasteiger partial charge is 0.332 e. The Bertz CT molecular complexity index is 977. The summed E-state index contributed by atoms with van der Waals surface area (Å²) in [5.41, 5.74) is -0.00164. The van der Waals surface area contributed by atoms with Gasteiger partial charge in [0.25, 0.3) is 0 Å². The van der Waals surface area contributed by atoms with Gasteiger partial charge in [0.05, 0.1) is 6.54 Å². The van der Waals surface area contributed by atoms with Crippen LogP contribution in [0.4, 0.5) is 0 Å². The molecule has 1 spiro atoms. The number of ether oxygens (including phenoxy) is 1. The first-order valence-electron chi connectivity index (χ1n) is 10.7. The van der Waals surface area contributed by atoms with Gasteiger partial charge in [0.1, 0.15) is 12.2 Å². The van der Waals surface area contributed by atoms with Gasteiger partial charge in [0, 0.05) is 26.2 Å². The van der Waals surface area contributed by atoms with Crippen LogP contribution in [0.5, 0.6) is 0 Å². The third-order valence-corrected chi connectivity index (χ3v) is 7.43. The molecule has 2 aliphatic heterocycles. The lowest BCUT2D eigenvalue weighted by Crippen LogP contribution is -2.53. The van der Waals surface area contributed by atoms with Crippen molar-refractivity contribution in [2.24, 2.45) is 5.92 Å². The van der Waals surface area contributed by atoms with Gasteiger partial charge in [-0.25, -0.2) is 4.68 Å². The summed E-state index contributed by atoms with van der Waals surface area (Å²) in [4.78, 5) is 28.0. The predicted molar refractivity (Wildman–Crippen MR) is 111 cm³/mol. The molecule has 4 heterocycles. The molecule has 156 valence electrons. The highest BCUT2D eigenvalue weighted by Crippen LogP contribution is 2.32. The molecular formula is C21H28N4O3S. The summed E-state index contributed by atoms with van der Waals surface area (Å²) in [6, 6.07) is 2.15. The average molecular weight is 417 g/mol. The van der Waals surface area contributed by atoms with Crippen LogP contribution in [0.25, 0.3) is 0 Å². The van der Waals surface area contributed by atoms with Crippen molar-refractivity contribution in [3.63, 3.8) is 0 Å². The van der Waals surface area contributed by atoms with Crippen LogP contribution in [0, 0.1) is 5.92 Å². The van der Waals surface area contributed by atoms with Gasteiger partial charge in [-0.15, -0.1) is 0 Å². The Morgan fingerprint density at radius 3 is 2.83 bits per heavy atom. The quantitative estimate of drug-likeness (QED) is 0.715. The molecule has 0 amide bonds. The zero-order valence-electron chi connectivity index (χ0n) is 16.7. The van der Waals surface area contributed by atoms with E-state index in [1.165, 1.54) is 29.5 Å². The molecule has 1 unspecified atom stereocenters. The maximum absolute atomic E-state index is 12.9. The average Bonchev–Trinajstić information content (AvgIpc) is 3.38. The maximum Gasteiger partial charge on any atom is 0.332 e. The highest BCUT2D eigenvalue weighted by Gasteiger charge is 2.43. The van der Waals surface area contributed by atoms with Crippen molar-refractivity contribution in [3.8, 4) is 0 Å². The van der Waals surface area contributed by atoms with Gasteiger partial charge < -0.3 is 4.74 Å². The molecule has 29 heavy (non-hydrogen) atoms. The first kappa shape index (κ1) is 19.2. The normalized spacial score (nSPS) is 25.5. The van der Waals surface area contributed by atoms with Crippen molar-refractivity contribution < 1.29 is 4.74 Å². The molecule has 7 nitrogen and oxygen atoms in total. The van der Waals surface area contributed by atoms with Crippen LogP contribution in [0.3, 0.4) is 0 Å². The van der Waals surface area contributed by atoms with E-state index in [-0.39, 0.29) is 0 Å². The Labute approximate surface area is 173 Å². The van der Waals surface area contributed by atoms with Gasteiger partial charge in [-0.3, -0.25) is 19.1 Å². The Balaban J connectivity index is 1.33. The Hall–Kier alpha value is -1.77. The summed E-state index contributed by atoms with van der Waals surface area (Å²) in [5.74, 6) is 1.04. The van der Waals surface area contributed by atoms with Crippen molar-refractivity contribution in [2.45, 2.75) is 70.4 Å². The Morgan fingerprint density at radius 1 is 1.17 bits per heavy atom. The fourth-order valence-corrected chi connectivity index (χ4v) is 5.75. The third kappa shape index (κ3) is 3.85. The second-order valence-corrected chi connectivity index (χ2v) is 9.64. The molecule has 0 aromatic carbocycles. The number of nitrogens with zero attached hydrogens (tertiary/aromatic N) is 4.